The lowest BCUT2D eigenvalue weighted by Gasteiger charge is -2.03. The molecular weight excluding hydrogens is 284 g/mol. The molecule has 0 atom stereocenters. The number of para-hydroxylation sites is 1. The molecule has 21 heavy (non-hydrogen) atoms. The van der Waals surface area contributed by atoms with Crippen LogP contribution in [0.3, 0.4) is 0 Å². The lowest BCUT2D eigenvalue weighted by molar-refractivity contribution is 0.879. The minimum absolute atomic E-state index is 0.657. The van der Waals surface area contributed by atoms with Gasteiger partial charge in [0.25, 0.3) is 0 Å². The smallest absolute Gasteiger partial charge is 0.182 e. The maximum absolute atomic E-state index is 6.02. The van der Waals surface area contributed by atoms with Crippen molar-refractivity contribution in [1.29, 1.82) is 0 Å². The lowest BCUT2D eigenvalue weighted by atomic mass is 10.3. The monoisotopic (exact) mass is 294 g/mol. The number of fused-ring (bicyclic) bond motifs is 2. The van der Waals surface area contributed by atoms with Gasteiger partial charge in [-0.05, 0) is 37.3 Å². The predicted octanol–water partition coefficient (Wildman–Crippen LogP) is 3.93. The second-order valence-corrected chi connectivity index (χ2v) is 5.30. The number of halogens is 1. The first-order valence-electron chi connectivity index (χ1n) is 6.60. The first-order chi connectivity index (χ1) is 10.2. The minimum Gasteiger partial charge on any atom is -0.241 e. The van der Waals surface area contributed by atoms with Crippen LogP contribution in [0.2, 0.25) is 5.02 Å². The van der Waals surface area contributed by atoms with Crippen LogP contribution in [0.15, 0.2) is 48.5 Å². The summed E-state index contributed by atoms with van der Waals surface area (Å²) in [5, 5.41) is 5.22. The molecule has 0 N–H and O–H groups in total. The normalized spacial score (nSPS) is 11.3. The summed E-state index contributed by atoms with van der Waals surface area (Å²) in [5.41, 5.74) is 4.97. The van der Waals surface area contributed by atoms with Crippen LogP contribution < -0.4 is 0 Å². The van der Waals surface area contributed by atoms with E-state index in [0.717, 1.165) is 33.6 Å². The third kappa shape index (κ3) is 1.96. The molecule has 4 aromatic rings. The van der Waals surface area contributed by atoms with Crippen molar-refractivity contribution in [2.45, 2.75) is 6.92 Å². The van der Waals surface area contributed by atoms with Gasteiger partial charge in [0.05, 0.1) is 22.4 Å². The molecule has 102 valence electrons. The van der Waals surface area contributed by atoms with Gasteiger partial charge < -0.3 is 0 Å². The molecule has 0 fully saturated rings. The molecule has 0 radical (unpaired) electrons. The molecule has 2 aromatic heterocycles. The van der Waals surface area contributed by atoms with E-state index >= 15 is 0 Å². The third-order valence-corrected chi connectivity index (χ3v) is 3.64. The number of nitrogens with zero attached hydrogens (tertiary/aromatic N) is 4. The van der Waals surface area contributed by atoms with Gasteiger partial charge in [-0.3, -0.25) is 0 Å². The second kappa shape index (κ2) is 4.53. The Morgan fingerprint density at radius 2 is 1.76 bits per heavy atom. The lowest BCUT2D eigenvalue weighted by Crippen LogP contribution is -1.98. The summed E-state index contributed by atoms with van der Waals surface area (Å²) < 4.78 is 1.83. The Morgan fingerprint density at radius 1 is 0.952 bits per heavy atom. The summed E-state index contributed by atoms with van der Waals surface area (Å²) in [5.74, 6) is 0. The fourth-order valence-corrected chi connectivity index (χ4v) is 2.57. The molecule has 0 spiro atoms. The Morgan fingerprint density at radius 3 is 2.57 bits per heavy atom. The zero-order valence-corrected chi connectivity index (χ0v) is 12.0. The second-order valence-electron chi connectivity index (χ2n) is 4.86. The fourth-order valence-electron chi connectivity index (χ4n) is 2.40. The standard InChI is InChI=1S/C16H11ClN4/c1-10-15-16(21(20-10)12-5-3-2-4-6-12)19-13-8-7-11(17)9-14(13)18-15/h2-9H,1H3. The van der Waals surface area contributed by atoms with Crippen LogP contribution in [0.1, 0.15) is 5.69 Å². The zero-order valence-electron chi connectivity index (χ0n) is 11.3. The first-order valence-corrected chi connectivity index (χ1v) is 6.98. The molecule has 0 bridgehead atoms. The van der Waals surface area contributed by atoms with Crippen LogP contribution in [-0.2, 0) is 0 Å². The van der Waals surface area contributed by atoms with Gasteiger partial charge in [0.1, 0.15) is 5.52 Å². The highest BCUT2D eigenvalue weighted by Crippen LogP contribution is 2.23. The molecule has 0 aliphatic carbocycles. The molecule has 0 saturated carbocycles. The first kappa shape index (κ1) is 12.3. The van der Waals surface area contributed by atoms with Gasteiger partial charge in [-0.2, -0.15) is 5.10 Å². The average Bonchev–Trinajstić information content (AvgIpc) is 2.83. The molecule has 2 aromatic carbocycles. The van der Waals surface area contributed by atoms with Gasteiger partial charge in [-0.25, -0.2) is 14.6 Å². The van der Waals surface area contributed by atoms with Gasteiger partial charge in [-0.15, -0.1) is 0 Å². The van der Waals surface area contributed by atoms with Crippen molar-refractivity contribution in [3.63, 3.8) is 0 Å². The maximum Gasteiger partial charge on any atom is 0.182 e. The van der Waals surface area contributed by atoms with Crippen molar-refractivity contribution in [1.82, 2.24) is 19.7 Å². The van der Waals surface area contributed by atoms with E-state index < -0.39 is 0 Å². The summed E-state index contributed by atoms with van der Waals surface area (Å²) in [6.07, 6.45) is 0. The Kier molecular flexibility index (Phi) is 2.65. The maximum atomic E-state index is 6.02. The summed E-state index contributed by atoms with van der Waals surface area (Å²) in [7, 11) is 0. The predicted molar refractivity (Wildman–Crippen MR) is 83.9 cm³/mol. The number of aromatic nitrogens is 4. The molecule has 2 heterocycles. The quantitative estimate of drug-likeness (QED) is 0.534. The Hall–Kier alpha value is -2.46. The molecule has 0 saturated heterocycles. The van der Waals surface area contributed by atoms with Crippen molar-refractivity contribution in [2.75, 3.05) is 0 Å². The van der Waals surface area contributed by atoms with Crippen molar-refractivity contribution in [2.24, 2.45) is 0 Å². The van der Waals surface area contributed by atoms with E-state index in [1.165, 1.54) is 0 Å². The van der Waals surface area contributed by atoms with E-state index in [1.807, 2.05) is 60.1 Å². The number of benzene rings is 2. The molecular formula is C16H11ClN4. The van der Waals surface area contributed by atoms with Crippen molar-refractivity contribution in [3.8, 4) is 5.69 Å². The molecule has 0 aliphatic rings. The Bertz CT molecular complexity index is 960. The third-order valence-electron chi connectivity index (χ3n) is 3.40. The number of hydrogen-bond donors (Lipinski definition) is 0. The van der Waals surface area contributed by atoms with Gasteiger partial charge in [0, 0.05) is 5.02 Å². The van der Waals surface area contributed by atoms with Crippen LogP contribution in [0.25, 0.3) is 27.9 Å². The average molecular weight is 295 g/mol. The van der Waals surface area contributed by atoms with Crippen LogP contribution in [-0.4, -0.2) is 19.7 Å². The van der Waals surface area contributed by atoms with Crippen molar-refractivity contribution < 1.29 is 0 Å². The van der Waals surface area contributed by atoms with Crippen LogP contribution in [0.4, 0.5) is 0 Å². The van der Waals surface area contributed by atoms with E-state index in [0.29, 0.717) is 5.02 Å². The molecule has 0 aliphatic heterocycles. The largest absolute Gasteiger partial charge is 0.241 e. The van der Waals surface area contributed by atoms with Crippen LogP contribution >= 0.6 is 11.6 Å². The van der Waals surface area contributed by atoms with E-state index in [1.54, 1.807) is 0 Å². The molecule has 4 rings (SSSR count). The summed E-state index contributed by atoms with van der Waals surface area (Å²) in [4.78, 5) is 9.35. The van der Waals surface area contributed by atoms with Gasteiger partial charge in [0.15, 0.2) is 5.65 Å². The highest BCUT2D eigenvalue weighted by molar-refractivity contribution is 6.31. The summed E-state index contributed by atoms with van der Waals surface area (Å²) in [6, 6.07) is 15.5. The van der Waals surface area contributed by atoms with E-state index in [9.17, 15) is 0 Å². The van der Waals surface area contributed by atoms with Gasteiger partial charge in [0.2, 0.25) is 0 Å². The minimum atomic E-state index is 0.657. The van der Waals surface area contributed by atoms with Gasteiger partial charge >= 0.3 is 0 Å². The van der Waals surface area contributed by atoms with E-state index in [4.69, 9.17) is 16.6 Å². The molecule has 5 heteroatoms. The Labute approximate surface area is 126 Å². The molecule has 0 unspecified atom stereocenters. The molecule has 4 nitrogen and oxygen atoms in total. The number of hydrogen-bond acceptors (Lipinski definition) is 3. The Balaban J connectivity index is 2.08. The summed E-state index contributed by atoms with van der Waals surface area (Å²) in [6.45, 7) is 1.94. The topological polar surface area (TPSA) is 43.6 Å². The van der Waals surface area contributed by atoms with Crippen LogP contribution in [0, 0.1) is 6.92 Å². The van der Waals surface area contributed by atoms with Crippen molar-refractivity contribution >= 4 is 33.8 Å². The van der Waals surface area contributed by atoms with E-state index in [2.05, 4.69) is 10.1 Å². The molecule has 0 amide bonds. The summed E-state index contributed by atoms with van der Waals surface area (Å²) >= 11 is 6.02. The van der Waals surface area contributed by atoms with Gasteiger partial charge in [-0.1, -0.05) is 29.8 Å². The fraction of sp³-hybridized carbons (Fsp3) is 0.0625. The SMILES string of the molecule is Cc1nn(-c2ccccc2)c2nc3ccc(Cl)cc3nc12. The van der Waals surface area contributed by atoms with E-state index in [-0.39, 0.29) is 0 Å². The highest BCUT2D eigenvalue weighted by Gasteiger charge is 2.13. The zero-order chi connectivity index (χ0) is 14.4. The highest BCUT2D eigenvalue weighted by atomic mass is 35.5. The van der Waals surface area contributed by atoms with Crippen LogP contribution in [0.5, 0.6) is 0 Å². The van der Waals surface area contributed by atoms with Crippen molar-refractivity contribution in [3.05, 3.63) is 59.2 Å². The number of rotatable bonds is 1. The number of aryl methyl sites for hydroxylation is 1.